The number of rotatable bonds is 7. The number of hydrogen-bond acceptors (Lipinski definition) is 6. The number of carbonyl (C=O) groups excluding carboxylic acids is 1. The Morgan fingerprint density at radius 3 is 2.64 bits per heavy atom. The highest BCUT2D eigenvalue weighted by molar-refractivity contribution is 7.87. The Morgan fingerprint density at radius 1 is 1.28 bits per heavy atom. The van der Waals surface area contributed by atoms with E-state index in [1.54, 1.807) is 11.6 Å². The topological polar surface area (TPSA) is 91.4 Å². The minimum Gasteiger partial charge on any atom is -0.314 e. The molecule has 2 aromatic rings. The smallest absolute Gasteiger partial charge is 0.280 e. The van der Waals surface area contributed by atoms with Gasteiger partial charge in [-0.1, -0.05) is 30.3 Å². The van der Waals surface area contributed by atoms with Crippen LogP contribution in [0, 0.1) is 0 Å². The molecule has 3 rings (SSSR count). The fourth-order valence-electron chi connectivity index (χ4n) is 2.67. The number of piperazine rings is 1. The van der Waals surface area contributed by atoms with E-state index in [2.05, 4.69) is 15.0 Å². The van der Waals surface area contributed by atoms with E-state index in [0.29, 0.717) is 31.2 Å². The Labute approximate surface area is 151 Å². The molecule has 0 unspecified atom stereocenters. The van der Waals surface area contributed by atoms with Crippen LogP contribution in [0.15, 0.2) is 41.9 Å². The van der Waals surface area contributed by atoms with E-state index in [0.717, 1.165) is 5.56 Å². The van der Waals surface area contributed by atoms with Crippen molar-refractivity contribution in [2.45, 2.75) is 12.5 Å². The lowest BCUT2D eigenvalue weighted by Gasteiger charge is -2.28. The number of Topliss-reactive ketones (excluding diaryl/α,β-unsaturated/α-hetero) is 1. The molecule has 134 valence electrons. The highest BCUT2D eigenvalue weighted by Crippen LogP contribution is 2.14. The molecule has 1 aliphatic rings. The second-order valence-electron chi connectivity index (χ2n) is 5.72. The Bertz CT molecular complexity index is 788. The SMILES string of the molecule is O=C(c1nccs1)[C@H](Cc1ccccc1)NS(=O)(=O)N1CCNCC1. The molecule has 2 N–H and O–H groups in total. The minimum absolute atomic E-state index is 0.282. The van der Waals surface area contributed by atoms with Gasteiger partial charge >= 0.3 is 0 Å². The molecule has 25 heavy (non-hydrogen) atoms. The van der Waals surface area contributed by atoms with Crippen LogP contribution in [0.4, 0.5) is 0 Å². The van der Waals surface area contributed by atoms with Gasteiger partial charge in [0, 0.05) is 37.8 Å². The van der Waals surface area contributed by atoms with Gasteiger partial charge in [0.05, 0.1) is 6.04 Å². The van der Waals surface area contributed by atoms with Crippen LogP contribution in [0.5, 0.6) is 0 Å². The van der Waals surface area contributed by atoms with Crippen molar-refractivity contribution in [2.24, 2.45) is 0 Å². The minimum atomic E-state index is -3.74. The highest BCUT2D eigenvalue weighted by Gasteiger charge is 2.31. The predicted molar refractivity (Wildman–Crippen MR) is 96.9 cm³/mol. The summed E-state index contributed by atoms with van der Waals surface area (Å²) in [7, 11) is -3.74. The normalized spacial score (nSPS) is 17.3. The van der Waals surface area contributed by atoms with Crippen molar-refractivity contribution in [3.05, 3.63) is 52.5 Å². The molecule has 1 fully saturated rings. The molecule has 0 saturated carbocycles. The zero-order valence-corrected chi connectivity index (χ0v) is 15.2. The van der Waals surface area contributed by atoms with Gasteiger partial charge in [0.1, 0.15) is 0 Å². The second-order valence-corrected chi connectivity index (χ2v) is 8.31. The zero-order chi connectivity index (χ0) is 17.7. The van der Waals surface area contributed by atoms with E-state index in [-0.39, 0.29) is 12.2 Å². The lowest BCUT2D eigenvalue weighted by Crippen LogP contribution is -2.54. The number of thiazole rings is 1. The van der Waals surface area contributed by atoms with Gasteiger partial charge in [-0.05, 0) is 12.0 Å². The average molecular weight is 380 g/mol. The summed E-state index contributed by atoms with van der Waals surface area (Å²) in [6.45, 7) is 1.98. The fourth-order valence-corrected chi connectivity index (χ4v) is 4.66. The number of nitrogens with one attached hydrogen (secondary N) is 2. The quantitative estimate of drug-likeness (QED) is 0.689. The standard InChI is InChI=1S/C16H20N4O3S2/c21-15(16-18-8-11-24-16)14(12-13-4-2-1-3-5-13)19-25(22,23)20-9-6-17-7-10-20/h1-5,8,11,14,17,19H,6-7,9-10,12H2/t14-/m0/s1. The average Bonchev–Trinajstić information content (AvgIpc) is 3.17. The number of nitrogens with zero attached hydrogens (tertiary/aromatic N) is 2. The Balaban J connectivity index is 1.81. The van der Waals surface area contributed by atoms with Crippen molar-refractivity contribution < 1.29 is 13.2 Å². The van der Waals surface area contributed by atoms with Crippen LogP contribution in [0.3, 0.4) is 0 Å². The molecule has 0 aliphatic carbocycles. The van der Waals surface area contributed by atoms with Gasteiger partial charge in [-0.15, -0.1) is 11.3 Å². The summed E-state index contributed by atoms with van der Waals surface area (Å²) in [5.74, 6) is -0.308. The third-order valence-corrected chi connectivity index (χ3v) is 6.36. The number of carbonyl (C=O) groups is 1. The molecule has 1 aromatic carbocycles. The van der Waals surface area contributed by atoms with Gasteiger partial charge in [-0.3, -0.25) is 4.79 Å². The summed E-state index contributed by atoms with van der Waals surface area (Å²) in [4.78, 5) is 16.8. The van der Waals surface area contributed by atoms with Gasteiger partial charge < -0.3 is 5.32 Å². The van der Waals surface area contributed by atoms with Crippen LogP contribution < -0.4 is 10.0 Å². The van der Waals surface area contributed by atoms with Crippen LogP contribution in [-0.2, 0) is 16.6 Å². The van der Waals surface area contributed by atoms with Crippen molar-refractivity contribution in [2.75, 3.05) is 26.2 Å². The molecule has 1 saturated heterocycles. The van der Waals surface area contributed by atoms with Crippen LogP contribution in [0.2, 0.25) is 0 Å². The molecule has 0 amide bonds. The van der Waals surface area contributed by atoms with Crippen LogP contribution in [0.25, 0.3) is 0 Å². The summed E-state index contributed by atoms with van der Waals surface area (Å²) in [5, 5.41) is 5.13. The monoisotopic (exact) mass is 380 g/mol. The van der Waals surface area contributed by atoms with Gasteiger partial charge in [-0.2, -0.15) is 17.4 Å². The maximum absolute atomic E-state index is 12.8. The fraction of sp³-hybridized carbons (Fsp3) is 0.375. The Hall–Kier alpha value is -1.65. The van der Waals surface area contributed by atoms with E-state index >= 15 is 0 Å². The number of ketones is 1. The molecule has 0 spiro atoms. The van der Waals surface area contributed by atoms with Crippen molar-refractivity contribution in [1.29, 1.82) is 0 Å². The first-order valence-electron chi connectivity index (χ1n) is 8.02. The number of benzene rings is 1. The third-order valence-electron chi connectivity index (χ3n) is 3.95. The van der Waals surface area contributed by atoms with Crippen molar-refractivity contribution >= 4 is 27.3 Å². The van der Waals surface area contributed by atoms with Crippen LogP contribution in [0.1, 0.15) is 15.4 Å². The van der Waals surface area contributed by atoms with Gasteiger partial charge in [0.2, 0.25) is 5.78 Å². The van der Waals surface area contributed by atoms with E-state index in [1.165, 1.54) is 15.6 Å². The maximum atomic E-state index is 12.8. The Kier molecular flexibility index (Phi) is 5.92. The van der Waals surface area contributed by atoms with Gasteiger partial charge in [0.15, 0.2) is 5.01 Å². The summed E-state index contributed by atoms with van der Waals surface area (Å²) in [6, 6.07) is 8.48. The first-order chi connectivity index (χ1) is 12.1. The van der Waals surface area contributed by atoms with Crippen molar-refractivity contribution in [3.8, 4) is 0 Å². The molecule has 0 bridgehead atoms. The van der Waals surface area contributed by atoms with Gasteiger partial charge in [-0.25, -0.2) is 4.98 Å². The number of aromatic nitrogens is 1. The molecular formula is C16H20N4O3S2. The molecule has 9 heteroatoms. The maximum Gasteiger partial charge on any atom is 0.280 e. The van der Waals surface area contributed by atoms with Crippen LogP contribution >= 0.6 is 11.3 Å². The summed E-state index contributed by atoms with van der Waals surface area (Å²) >= 11 is 1.21. The summed E-state index contributed by atoms with van der Waals surface area (Å²) in [6.07, 6.45) is 1.83. The highest BCUT2D eigenvalue weighted by atomic mass is 32.2. The van der Waals surface area contributed by atoms with E-state index in [4.69, 9.17) is 0 Å². The summed E-state index contributed by atoms with van der Waals surface area (Å²) < 4.78 is 29.3. The molecule has 2 heterocycles. The van der Waals surface area contributed by atoms with Crippen LogP contribution in [-0.4, -0.2) is 55.7 Å². The largest absolute Gasteiger partial charge is 0.314 e. The van der Waals surface area contributed by atoms with E-state index in [9.17, 15) is 13.2 Å². The second kappa shape index (κ2) is 8.15. The molecule has 1 atom stereocenters. The lowest BCUT2D eigenvalue weighted by molar-refractivity contribution is 0.0951. The molecule has 0 radical (unpaired) electrons. The van der Waals surface area contributed by atoms with Gasteiger partial charge in [0.25, 0.3) is 10.2 Å². The van der Waals surface area contributed by atoms with E-state index in [1.807, 2.05) is 30.3 Å². The Morgan fingerprint density at radius 2 is 2.00 bits per heavy atom. The van der Waals surface area contributed by atoms with Crippen molar-refractivity contribution in [1.82, 2.24) is 19.3 Å². The predicted octanol–water partition coefficient (Wildman–Crippen LogP) is 0.677. The first kappa shape index (κ1) is 18.2. The number of hydrogen-bond donors (Lipinski definition) is 2. The zero-order valence-electron chi connectivity index (χ0n) is 13.6. The lowest BCUT2D eigenvalue weighted by atomic mass is 10.0. The van der Waals surface area contributed by atoms with E-state index < -0.39 is 16.3 Å². The third kappa shape index (κ3) is 4.71. The van der Waals surface area contributed by atoms with Crippen molar-refractivity contribution in [3.63, 3.8) is 0 Å². The molecular weight excluding hydrogens is 360 g/mol. The molecule has 1 aromatic heterocycles. The summed E-state index contributed by atoms with van der Waals surface area (Å²) in [5.41, 5.74) is 0.889. The molecule has 1 aliphatic heterocycles. The molecule has 7 nitrogen and oxygen atoms in total. The first-order valence-corrected chi connectivity index (χ1v) is 10.3.